The maximum absolute atomic E-state index is 12.4. The third-order valence-electron chi connectivity index (χ3n) is 6.05. The number of benzene rings is 1. The van der Waals surface area contributed by atoms with Crippen molar-refractivity contribution in [2.75, 3.05) is 26.2 Å². The number of fused-ring (bicyclic) bond motifs is 1. The number of alkyl halides is 3. The quantitative estimate of drug-likeness (QED) is 0.254. The SMILES string of the molecule is CCCC[N+](CCCC)(CCCC)CCCC.O=C([O-])c1cc(C(F)(F)F)cc2c1n[nH][n+]2[O-]. The predicted molar refractivity (Wildman–Crippen MR) is 124 cm³/mol. The maximum Gasteiger partial charge on any atom is 0.416 e. The second kappa shape index (κ2) is 14.1. The van der Waals surface area contributed by atoms with Crippen LogP contribution in [-0.2, 0) is 6.18 Å². The van der Waals surface area contributed by atoms with E-state index >= 15 is 0 Å². The zero-order valence-electron chi connectivity index (χ0n) is 20.8. The lowest BCUT2D eigenvalue weighted by Crippen LogP contribution is -2.50. The molecular weight excluding hydrogens is 449 g/mol. The van der Waals surface area contributed by atoms with E-state index in [0.29, 0.717) is 12.1 Å². The fourth-order valence-electron chi connectivity index (χ4n) is 4.00. The van der Waals surface area contributed by atoms with Gasteiger partial charge in [-0.1, -0.05) is 58.6 Å². The van der Waals surface area contributed by atoms with E-state index in [1.54, 1.807) is 5.21 Å². The number of carboxylic acids is 1. The standard InChI is InChI=1S/C16H36N.C8H4F3N3O3/c1-5-9-13-17(14-10-6-2,15-11-7-3)16-12-8-4;9-8(10,11)3-1-4(7(15)16)6-5(2-3)14(17)13-12-6/h5-16H2,1-4H3;1-2,13H,(H,15,16)/q+1;/p-1. The van der Waals surface area contributed by atoms with Crippen LogP contribution in [0.1, 0.15) is 95.0 Å². The summed E-state index contributed by atoms with van der Waals surface area (Å²) in [5.41, 5.74) is -2.94. The number of nitrogens with one attached hydrogen (secondary N) is 1. The molecule has 0 saturated heterocycles. The van der Waals surface area contributed by atoms with Crippen LogP contribution in [0.2, 0.25) is 0 Å². The Labute approximate surface area is 200 Å². The second-order valence-electron chi connectivity index (χ2n) is 8.83. The molecule has 10 heteroatoms. The van der Waals surface area contributed by atoms with Crippen LogP contribution in [0.25, 0.3) is 11.0 Å². The fourth-order valence-corrected chi connectivity index (χ4v) is 4.00. The highest BCUT2D eigenvalue weighted by atomic mass is 19.4. The summed E-state index contributed by atoms with van der Waals surface area (Å²) in [5.74, 6) is -1.84. The van der Waals surface area contributed by atoms with Gasteiger partial charge >= 0.3 is 6.18 Å². The van der Waals surface area contributed by atoms with Crippen LogP contribution in [0.4, 0.5) is 13.2 Å². The van der Waals surface area contributed by atoms with Crippen molar-refractivity contribution in [1.29, 1.82) is 0 Å². The van der Waals surface area contributed by atoms with Gasteiger partial charge in [0.15, 0.2) is 0 Å². The van der Waals surface area contributed by atoms with Crippen LogP contribution in [0.5, 0.6) is 0 Å². The molecule has 0 aliphatic rings. The molecule has 0 amide bonds. The molecule has 0 fully saturated rings. The number of aromatic amines is 1. The first kappa shape index (κ1) is 29.7. The van der Waals surface area contributed by atoms with E-state index < -0.39 is 28.8 Å². The average Bonchev–Trinajstić information content (AvgIpc) is 3.18. The van der Waals surface area contributed by atoms with Gasteiger partial charge in [0.2, 0.25) is 5.52 Å². The summed E-state index contributed by atoms with van der Waals surface area (Å²) in [5, 5.41) is 26.8. The Hall–Kier alpha value is -2.36. The van der Waals surface area contributed by atoms with E-state index in [-0.39, 0.29) is 10.4 Å². The molecule has 0 aliphatic heterocycles. The number of rotatable bonds is 13. The van der Waals surface area contributed by atoms with Gasteiger partial charge in [0.05, 0.1) is 43.3 Å². The van der Waals surface area contributed by atoms with Crippen molar-refractivity contribution in [2.24, 2.45) is 0 Å². The molecule has 0 atom stereocenters. The molecular formula is C24H39F3N4O3. The third-order valence-corrected chi connectivity index (χ3v) is 6.05. The normalized spacial score (nSPS) is 12.0. The second-order valence-corrected chi connectivity index (χ2v) is 8.83. The molecule has 194 valence electrons. The lowest BCUT2D eigenvalue weighted by Gasteiger charge is -2.39. The number of unbranched alkanes of at least 4 members (excludes halogenated alkanes) is 4. The largest absolute Gasteiger partial charge is 0.692 e. The highest BCUT2D eigenvalue weighted by Gasteiger charge is 2.33. The number of aromatic nitrogens is 3. The average molecular weight is 489 g/mol. The Balaban J connectivity index is 0.000000340. The minimum absolute atomic E-state index is 0.0585. The Morgan fingerprint density at radius 1 is 0.941 bits per heavy atom. The van der Waals surface area contributed by atoms with Crippen LogP contribution >= 0.6 is 0 Å². The highest BCUT2D eigenvalue weighted by Crippen LogP contribution is 2.31. The first-order valence-electron chi connectivity index (χ1n) is 12.3. The highest BCUT2D eigenvalue weighted by molar-refractivity contribution is 5.99. The summed E-state index contributed by atoms with van der Waals surface area (Å²) in [6.07, 6.45) is 6.30. The molecule has 1 aromatic carbocycles. The first-order valence-corrected chi connectivity index (χ1v) is 12.3. The minimum Gasteiger partial charge on any atom is -0.692 e. The maximum atomic E-state index is 12.4. The summed E-state index contributed by atoms with van der Waals surface area (Å²) in [6.45, 7) is 15.0. The van der Waals surface area contributed by atoms with E-state index in [1.165, 1.54) is 82.0 Å². The Morgan fingerprint density at radius 2 is 1.38 bits per heavy atom. The molecule has 0 spiro atoms. The molecule has 0 bridgehead atoms. The van der Waals surface area contributed by atoms with Gasteiger partial charge in [-0.2, -0.15) is 18.0 Å². The van der Waals surface area contributed by atoms with E-state index in [2.05, 4.69) is 32.8 Å². The molecule has 1 aromatic heterocycles. The van der Waals surface area contributed by atoms with Gasteiger partial charge in [0, 0.05) is 11.2 Å². The zero-order chi connectivity index (χ0) is 25.8. The minimum atomic E-state index is -4.76. The summed E-state index contributed by atoms with van der Waals surface area (Å²) in [7, 11) is 0. The van der Waals surface area contributed by atoms with Crippen molar-refractivity contribution in [1.82, 2.24) is 10.3 Å². The first-order chi connectivity index (χ1) is 16.0. The van der Waals surface area contributed by atoms with Crippen LogP contribution in [0.15, 0.2) is 12.1 Å². The van der Waals surface area contributed by atoms with Gasteiger partial charge in [-0.25, -0.2) is 0 Å². The number of carbonyl (C=O) groups is 1. The van der Waals surface area contributed by atoms with Crippen molar-refractivity contribution in [3.8, 4) is 0 Å². The van der Waals surface area contributed by atoms with Crippen molar-refractivity contribution >= 4 is 17.0 Å². The van der Waals surface area contributed by atoms with Gasteiger partial charge in [-0.3, -0.25) is 0 Å². The number of halogens is 3. The molecule has 1 heterocycles. The lowest BCUT2D eigenvalue weighted by molar-refractivity contribution is -0.929. The predicted octanol–water partition coefficient (Wildman–Crippen LogP) is 4.58. The zero-order valence-corrected chi connectivity index (χ0v) is 20.8. The van der Waals surface area contributed by atoms with Crippen molar-refractivity contribution in [3.63, 3.8) is 0 Å². The van der Waals surface area contributed by atoms with Crippen LogP contribution < -0.4 is 9.95 Å². The molecule has 0 aliphatic carbocycles. The van der Waals surface area contributed by atoms with Crippen molar-refractivity contribution in [3.05, 3.63) is 28.5 Å². The van der Waals surface area contributed by atoms with Gasteiger partial charge in [0.25, 0.3) is 5.52 Å². The summed E-state index contributed by atoms with van der Waals surface area (Å²) in [6, 6.07) is 0.886. The third kappa shape index (κ3) is 8.77. The number of aromatic carboxylic acids is 1. The Morgan fingerprint density at radius 3 is 1.74 bits per heavy atom. The van der Waals surface area contributed by atoms with Gasteiger partial charge in [-0.15, -0.1) is 0 Å². The molecule has 34 heavy (non-hydrogen) atoms. The molecule has 7 nitrogen and oxygen atoms in total. The number of quaternary nitrogens is 1. The van der Waals surface area contributed by atoms with E-state index in [0.717, 1.165) is 0 Å². The number of hydrogen-bond donors (Lipinski definition) is 1. The van der Waals surface area contributed by atoms with Crippen LogP contribution in [0, 0.1) is 5.21 Å². The number of H-pyrrole nitrogens is 1. The van der Waals surface area contributed by atoms with Crippen LogP contribution in [-0.4, -0.2) is 46.9 Å². The molecule has 0 saturated carbocycles. The molecule has 2 rings (SSSR count). The summed E-state index contributed by atoms with van der Waals surface area (Å²) >= 11 is 0. The summed E-state index contributed by atoms with van der Waals surface area (Å²) < 4.78 is 38.7. The molecule has 0 unspecified atom stereocenters. The monoisotopic (exact) mass is 488 g/mol. The fraction of sp³-hybridized carbons (Fsp3) is 0.708. The number of carbonyl (C=O) groups excluding carboxylic acids is 1. The smallest absolute Gasteiger partial charge is 0.416 e. The lowest BCUT2D eigenvalue weighted by atomic mass is 10.1. The van der Waals surface area contributed by atoms with E-state index in [9.17, 15) is 28.3 Å². The Kier molecular flexibility index (Phi) is 12.3. The molecule has 1 N–H and O–H groups in total. The van der Waals surface area contributed by atoms with Gasteiger partial charge in [-0.05, 0) is 31.7 Å². The Bertz CT molecular complexity index is 847. The summed E-state index contributed by atoms with van der Waals surface area (Å²) in [4.78, 5) is 10.6. The molecule has 2 aromatic rings. The number of hydrogen-bond acceptors (Lipinski definition) is 4. The topological polar surface area (TPSA) is 95.8 Å². The van der Waals surface area contributed by atoms with Crippen molar-refractivity contribution < 1.29 is 32.4 Å². The number of carboxylic acid groups (broad SMARTS) is 1. The number of nitrogens with zero attached hydrogens (tertiary/aromatic N) is 3. The van der Waals surface area contributed by atoms with E-state index in [1.807, 2.05) is 0 Å². The van der Waals surface area contributed by atoms with Gasteiger partial charge < -0.3 is 19.6 Å². The molecule has 0 radical (unpaired) electrons. The van der Waals surface area contributed by atoms with Crippen molar-refractivity contribution in [2.45, 2.75) is 85.2 Å². The van der Waals surface area contributed by atoms with Crippen LogP contribution in [0.3, 0.4) is 0 Å². The van der Waals surface area contributed by atoms with E-state index in [4.69, 9.17) is 0 Å². The van der Waals surface area contributed by atoms with Gasteiger partial charge in [0.1, 0.15) is 0 Å².